The van der Waals surface area contributed by atoms with Crippen molar-refractivity contribution >= 4 is 5.91 Å². The Morgan fingerprint density at radius 3 is 2.67 bits per heavy atom. The molecule has 3 rings (SSSR count). The van der Waals surface area contributed by atoms with Gasteiger partial charge in [-0.05, 0) is 29.8 Å². The van der Waals surface area contributed by atoms with Gasteiger partial charge in [0, 0.05) is 25.7 Å². The molecular weight excluding hydrogens is 346 g/mol. The molecule has 7 nitrogen and oxygen atoms in total. The number of carbonyl (C=O) groups is 1. The minimum absolute atomic E-state index is 0.0538. The third kappa shape index (κ3) is 5.82. The van der Waals surface area contributed by atoms with Crippen LogP contribution in [0.25, 0.3) is 0 Å². The van der Waals surface area contributed by atoms with Crippen LogP contribution in [0.1, 0.15) is 17.4 Å². The third-order valence-electron chi connectivity index (χ3n) is 4.65. The molecule has 1 aromatic heterocycles. The molecule has 0 bridgehead atoms. The Bertz CT molecular complexity index is 682. The van der Waals surface area contributed by atoms with Crippen LogP contribution in [0.15, 0.2) is 47.1 Å². The average Bonchev–Trinajstić information content (AvgIpc) is 3.24. The van der Waals surface area contributed by atoms with E-state index in [9.17, 15) is 4.79 Å². The van der Waals surface area contributed by atoms with Crippen LogP contribution in [-0.4, -0.2) is 57.3 Å². The maximum Gasteiger partial charge on any atom is 0.234 e. The quantitative estimate of drug-likeness (QED) is 0.695. The number of carbonyl (C=O) groups excluding carboxylic acids is 1. The van der Waals surface area contributed by atoms with E-state index >= 15 is 0 Å². The van der Waals surface area contributed by atoms with Gasteiger partial charge in [-0.2, -0.15) is 0 Å². The second-order valence-corrected chi connectivity index (χ2v) is 6.42. The van der Waals surface area contributed by atoms with Crippen LogP contribution < -0.4 is 15.4 Å². The van der Waals surface area contributed by atoms with Crippen LogP contribution in [0.2, 0.25) is 0 Å². The molecule has 0 radical (unpaired) electrons. The van der Waals surface area contributed by atoms with Gasteiger partial charge in [0.2, 0.25) is 5.91 Å². The Hall–Kier alpha value is -2.35. The van der Waals surface area contributed by atoms with E-state index in [0.717, 1.165) is 37.8 Å². The number of benzene rings is 1. The van der Waals surface area contributed by atoms with Gasteiger partial charge in [-0.25, -0.2) is 0 Å². The molecule has 1 atom stereocenters. The molecule has 27 heavy (non-hydrogen) atoms. The normalized spacial score (nSPS) is 16.0. The van der Waals surface area contributed by atoms with Crippen LogP contribution in [0.5, 0.6) is 5.75 Å². The molecule has 2 N–H and O–H groups in total. The fourth-order valence-corrected chi connectivity index (χ4v) is 3.16. The molecule has 1 saturated heterocycles. The summed E-state index contributed by atoms with van der Waals surface area (Å²) in [6, 6.07) is 11.9. The fraction of sp³-hybridized carbons (Fsp3) is 0.450. The monoisotopic (exact) mass is 373 g/mol. The van der Waals surface area contributed by atoms with Crippen LogP contribution in [-0.2, 0) is 16.1 Å². The highest BCUT2D eigenvalue weighted by Gasteiger charge is 2.22. The molecule has 7 heteroatoms. The van der Waals surface area contributed by atoms with Gasteiger partial charge in [-0.15, -0.1) is 0 Å². The van der Waals surface area contributed by atoms with Gasteiger partial charge >= 0.3 is 0 Å². The Balaban J connectivity index is 1.53. The van der Waals surface area contributed by atoms with Crippen molar-refractivity contribution in [3.63, 3.8) is 0 Å². The summed E-state index contributed by atoms with van der Waals surface area (Å²) in [6.45, 7) is 4.57. The molecule has 0 saturated carbocycles. The lowest BCUT2D eigenvalue weighted by Gasteiger charge is -2.35. The van der Waals surface area contributed by atoms with E-state index in [1.165, 1.54) is 5.56 Å². The molecule has 2 aromatic rings. The zero-order valence-corrected chi connectivity index (χ0v) is 15.6. The van der Waals surface area contributed by atoms with Crippen LogP contribution in [0, 0.1) is 0 Å². The van der Waals surface area contributed by atoms with E-state index in [0.29, 0.717) is 13.1 Å². The number of rotatable bonds is 9. The SMILES string of the molecule is COc1ccc([C@H](CNCC(=O)NCc2ccco2)N2CCOCC2)cc1. The number of hydrogen-bond acceptors (Lipinski definition) is 6. The minimum Gasteiger partial charge on any atom is -0.497 e. The summed E-state index contributed by atoms with van der Waals surface area (Å²) in [4.78, 5) is 14.4. The molecule has 1 aromatic carbocycles. The number of ether oxygens (including phenoxy) is 2. The molecule has 0 aliphatic carbocycles. The molecule has 1 aliphatic heterocycles. The van der Waals surface area contributed by atoms with E-state index in [2.05, 4.69) is 27.7 Å². The Morgan fingerprint density at radius 1 is 1.22 bits per heavy atom. The lowest BCUT2D eigenvalue weighted by Crippen LogP contribution is -2.44. The Kier molecular flexibility index (Phi) is 7.27. The van der Waals surface area contributed by atoms with Gasteiger partial charge in [-0.1, -0.05) is 12.1 Å². The first-order valence-electron chi connectivity index (χ1n) is 9.22. The number of morpholine rings is 1. The van der Waals surface area contributed by atoms with Gasteiger partial charge in [0.15, 0.2) is 0 Å². The molecule has 146 valence electrons. The van der Waals surface area contributed by atoms with Crippen molar-refractivity contribution in [1.82, 2.24) is 15.5 Å². The molecule has 0 spiro atoms. The lowest BCUT2D eigenvalue weighted by molar-refractivity contribution is -0.120. The van der Waals surface area contributed by atoms with Gasteiger partial charge < -0.3 is 24.5 Å². The van der Waals surface area contributed by atoms with E-state index < -0.39 is 0 Å². The summed E-state index contributed by atoms with van der Waals surface area (Å²) >= 11 is 0. The van der Waals surface area contributed by atoms with Crippen molar-refractivity contribution in [2.45, 2.75) is 12.6 Å². The average molecular weight is 373 g/mol. The second-order valence-electron chi connectivity index (χ2n) is 6.42. The molecule has 0 unspecified atom stereocenters. The van der Waals surface area contributed by atoms with Crippen LogP contribution >= 0.6 is 0 Å². The van der Waals surface area contributed by atoms with Crippen molar-refractivity contribution in [3.05, 3.63) is 54.0 Å². The zero-order chi connectivity index (χ0) is 18.9. The van der Waals surface area contributed by atoms with E-state index in [1.54, 1.807) is 13.4 Å². The van der Waals surface area contributed by atoms with Crippen LogP contribution in [0.3, 0.4) is 0 Å². The van der Waals surface area contributed by atoms with Crippen LogP contribution in [0.4, 0.5) is 0 Å². The number of nitrogens with zero attached hydrogens (tertiary/aromatic N) is 1. The van der Waals surface area contributed by atoms with Gasteiger partial charge in [-0.3, -0.25) is 9.69 Å². The number of amides is 1. The number of methoxy groups -OCH3 is 1. The standard InChI is InChI=1S/C20H27N3O4/c1-25-17-6-4-16(5-7-17)19(23-8-11-26-12-9-23)14-21-15-20(24)22-13-18-3-2-10-27-18/h2-7,10,19,21H,8-9,11-15H2,1H3,(H,22,24)/t19-/m0/s1. The maximum absolute atomic E-state index is 12.1. The van der Waals surface area contributed by atoms with Crippen molar-refractivity contribution in [3.8, 4) is 5.75 Å². The van der Waals surface area contributed by atoms with E-state index in [1.807, 2.05) is 24.3 Å². The molecule has 1 amide bonds. The predicted octanol–water partition coefficient (Wildman–Crippen LogP) is 1.57. The molecule has 1 fully saturated rings. The second kappa shape index (κ2) is 10.1. The zero-order valence-electron chi connectivity index (χ0n) is 15.6. The first kappa shape index (κ1) is 19.4. The smallest absolute Gasteiger partial charge is 0.234 e. The first-order chi connectivity index (χ1) is 13.3. The van der Waals surface area contributed by atoms with E-state index in [4.69, 9.17) is 13.9 Å². The highest BCUT2D eigenvalue weighted by Crippen LogP contribution is 2.23. The Labute approximate surface area is 159 Å². The molecule has 1 aliphatic rings. The number of nitrogens with one attached hydrogen (secondary N) is 2. The van der Waals surface area contributed by atoms with Gasteiger partial charge in [0.25, 0.3) is 0 Å². The molecule has 2 heterocycles. The van der Waals surface area contributed by atoms with Crippen molar-refractivity contribution in [2.75, 3.05) is 46.5 Å². The summed E-state index contributed by atoms with van der Waals surface area (Å²) in [5.74, 6) is 1.53. The third-order valence-corrected chi connectivity index (χ3v) is 4.65. The van der Waals surface area contributed by atoms with Crippen molar-refractivity contribution in [1.29, 1.82) is 0 Å². The summed E-state index contributed by atoms with van der Waals surface area (Å²) in [7, 11) is 1.66. The van der Waals surface area contributed by atoms with Gasteiger partial charge in [0.1, 0.15) is 11.5 Å². The predicted molar refractivity (Wildman–Crippen MR) is 102 cm³/mol. The Morgan fingerprint density at radius 2 is 2.00 bits per heavy atom. The summed E-state index contributed by atoms with van der Waals surface area (Å²) in [5.41, 5.74) is 1.20. The highest BCUT2D eigenvalue weighted by atomic mass is 16.5. The number of hydrogen-bond donors (Lipinski definition) is 2. The summed E-state index contributed by atoms with van der Waals surface area (Å²) in [6.07, 6.45) is 1.60. The minimum atomic E-state index is -0.0538. The van der Waals surface area contributed by atoms with E-state index in [-0.39, 0.29) is 18.5 Å². The number of furan rings is 1. The topological polar surface area (TPSA) is 76.0 Å². The lowest BCUT2D eigenvalue weighted by atomic mass is 10.0. The molecular formula is C20H27N3O4. The fourth-order valence-electron chi connectivity index (χ4n) is 3.16. The van der Waals surface area contributed by atoms with Gasteiger partial charge in [0.05, 0.1) is 39.7 Å². The maximum atomic E-state index is 12.1. The first-order valence-corrected chi connectivity index (χ1v) is 9.22. The summed E-state index contributed by atoms with van der Waals surface area (Å²) < 4.78 is 16.0. The highest BCUT2D eigenvalue weighted by molar-refractivity contribution is 5.77. The summed E-state index contributed by atoms with van der Waals surface area (Å²) in [5, 5.41) is 6.13. The van der Waals surface area contributed by atoms with Crippen molar-refractivity contribution in [2.24, 2.45) is 0 Å². The van der Waals surface area contributed by atoms with Crippen molar-refractivity contribution < 1.29 is 18.7 Å². The largest absolute Gasteiger partial charge is 0.497 e.